The van der Waals surface area contributed by atoms with Crippen LogP contribution in [0.5, 0.6) is 5.75 Å². The number of aliphatic imine (C=N–C) groups is 1. The van der Waals surface area contributed by atoms with Crippen LogP contribution in [-0.2, 0) is 9.84 Å². The number of benzene rings is 1. The lowest BCUT2D eigenvalue weighted by Crippen LogP contribution is -2.45. The molecule has 1 saturated heterocycles. The average molecular weight is 532 g/mol. The van der Waals surface area contributed by atoms with Crippen LogP contribution in [0.4, 0.5) is 14.5 Å². The standard InChI is InChI=1S/C17H26F2N4O3S.HI/c1-20-17(21-9-5-11-27(2,24)25)22-13-8-10-23(12-13)14-6-3-4-7-15(14)26-16(18)19;/h3-4,6-7,13,16H,5,8-12H2,1-2H3,(H2,20,21,22);1H. The maximum absolute atomic E-state index is 12.6. The van der Waals surface area contributed by atoms with Gasteiger partial charge in [0.15, 0.2) is 5.96 Å². The van der Waals surface area contributed by atoms with Crippen LogP contribution in [0.1, 0.15) is 12.8 Å². The quantitative estimate of drug-likeness (QED) is 0.231. The molecule has 11 heteroatoms. The molecular formula is C17H27F2IN4O3S. The molecule has 2 N–H and O–H groups in total. The first kappa shape index (κ1) is 24.7. The van der Waals surface area contributed by atoms with Crippen molar-refractivity contribution in [2.24, 2.45) is 4.99 Å². The van der Waals surface area contributed by atoms with E-state index in [9.17, 15) is 17.2 Å². The van der Waals surface area contributed by atoms with E-state index in [-0.39, 0.29) is 41.5 Å². The predicted octanol–water partition coefficient (Wildman–Crippen LogP) is 2.08. The zero-order valence-corrected chi connectivity index (χ0v) is 19.0. The Morgan fingerprint density at radius 1 is 1.39 bits per heavy atom. The van der Waals surface area contributed by atoms with Crippen molar-refractivity contribution in [1.29, 1.82) is 0 Å². The summed E-state index contributed by atoms with van der Waals surface area (Å²) in [6.45, 7) is -1.05. The fourth-order valence-corrected chi connectivity index (χ4v) is 3.61. The SMILES string of the molecule is CN=C(NCCCS(C)(=O)=O)NC1CCN(c2ccccc2OC(F)F)C1.I. The Balaban J connectivity index is 0.00000392. The fraction of sp³-hybridized carbons (Fsp3) is 0.588. The van der Waals surface area contributed by atoms with Gasteiger partial charge in [0, 0.05) is 39.0 Å². The molecule has 1 aromatic carbocycles. The van der Waals surface area contributed by atoms with Crippen molar-refractivity contribution in [3.05, 3.63) is 24.3 Å². The van der Waals surface area contributed by atoms with Gasteiger partial charge < -0.3 is 20.3 Å². The maximum Gasteiger partial charge on any atom is 0.387 e. The third-order valence-corrected chi connectivity index (χ3v) is 5.19. The molecule has 0 saturated carbocycles. The second kappa shape index (κ2) is 11.6. The van der Waals surface area contributed by atoms with Gasteiger partial charge in [-0.15, -0.1) is 24.0 Å². The van der Waals surface area contributed by atoms with Crippen molar-refractivity contribution >= 4 is 45.5 Å². The molecule has 160 valence electrons. The van der Waals surface area contributed by atoms with Gasteiger partial charge in [-0.1, -0.05) is 12.1 Å². The van der Waals surface area contributed by atoms with E-state index in [0.717, 1.165) is 6.42 Å². The molecule has 0 amide bonds. The summed E-state index contributed by atoms with van der Waals surface area (Å²) in [5.74, 6) is 0.874. The summed E-state index contributed by atoms with van der Waals surface area (Å²) < 4.78 is 52.1. The summed E-state index contributed by atoms with van der Waals surface area (Å²) in [4.78, 5) is 6.14. The fourth-order valence-electron chi connectivity index (χ4n) is 2.94. The molecule has 1 aromatic rings. The third-order valence-electron chi connectivity index (χ3n) is 4.16. The van der Waals surface area contributed by atoms with Crippen molar-refractivity contribution < 1.29 is 21.9 Å². The number of alkyl halides is 2. The Kier molecular flexibility index (Phi) is 10.2. The lowest BCUT2D eigenvalue weighted by molar-refractivity contribution is -0.0495. The molecule has 0 spiro atoms. The van der Waals surface area contributed by atoms with Gasteiger partial charge in [0.25, 0.3) is 0 Å². The van der Waals surface area contributed by atoms with E-state index in [1.807, 2.05) is 4.90 Å². The lowest BCUT2D eigenvalue weighted by atomic mass is 10.2. The highest BCUT2D eigenvalue weighted by Gasteiger charge is 2.26. The Bertz CT molecular complexity index is 750. The summed E-state index contributed by atoms with van der Waals surface area (Å²) in [6.07, 6.45) is 2.52. The molecule has 2 rings (SSSR count). The van der Waals surface area contributed by atoms with Crippen molar-refractivity contribution in [2.45, 2.75) is 25.5 Å². The minimum absolute atomic E-state index is 0. The van der Waals surface area contributed by atoms with Gasteiger partial charge in [0.1, 0.15) is 15.6 Å². The second-order valence-corrected chi connectivity index (χ2v) is 8.66. The molecule has 1 fully saturated rings. The zero-order valence-electron chi connectivity index (χ0n) is 15.9. The van der Waals surface area contributed by atoms with E-state index in [1.54, 1.807) is 25.2 Å². The highest BCUT2D eigenvalue weighted by atomic mass is 127. The van der Waals surface area contributed by atoms with Gasteiger partial charge in [-0.3, -0.25) is 4.99 Å². The van der Waals surface area contributed by atoms with Gasteiger partial charge in [0.2, 0.25) is 0 Å². The van der Waals surface area contributed by atoms with Crippen molar-refractivity contribution in [1.82, 2.24) is 10.6 Å². The van der Waals surface area contributed by atoms with Crippen LogP contribution in [0.15, 0.2) is 29.3 Å². The minimum Gasteiger partial charge on any atom is -0.433 e. The molecule has 1 unspecified atom stereocenters. The van der Waals surface area contributed by atoms with E-state index >= 15 is 0 Å². The summed E-state index contributed by atoms with van der Waals surface area (Å²) in [5.41, 5.74) is 0.637. The number of halogens is 3. The third kappa shape index (κ3) is 8.33. The van der Waals surface area contributed by atoms with E-state index in [1.165, 1.54) is 12.3 Å². The van der Waals surface area contributed by atoms with E-state index in [2.05, 4.69) is 20.4 Å². The van der Waals surface area contributed by atoms with Crippen molar-refractivity contribution in [2.75, 3.05) is 43.6 Å². The van der Waals surface area contributed by atoms with Gasteiger partial charge in [-0.05, 0) is 25.0 Å². The number of sulfone groups is 1. The highest BCUT2D eigenvalue weighted by molar-refractivity contribution is 14.0. The van der Waals surface area contributed by atoms with Crippen molar-refractivity contribution in [3.63, 3.8) is 0 Å². The monoisotopic (exact) mass is 532 g/mol. The minimum atomic E-state index is -2.97. The van der Waals surface area contributed by atoms with Gasteiger partial charge in [-0.25, -0.2) is 8.42 Å². The number of hydrogen-bond acceptors (Lipinski definition) is 5. The Hall–Kier alpha value is -1.37. The molecular weight excluding hydrogens is 505 g/mol. The summed E-state index contributed by atoms with van der Waals surface area (Å²) >= 11 is 0. The first-order valence-electron chi connectivity index (χ1n) is 8.72. The number of hydrogen-bond donors (Lipinski definition) is 2. The molecule has 1 aliphatic heterocycles. The molecule has 1 atom stereocenters. The Morgan fingerprint density at radius 2 is 2.11 bits per heavy atom. The smallest absolute Gasteiger partial charge is 0.387 e. The first-order chi connectivity index (χ1) is 12.8. The number of para-hydroxylation sites is 2. The number of nitrogens with one attached hydrogen (secondary N) is 2. The number of rotatable bonds is 8. The molecule has 7 nitrogen and oxygen atoms in total. The topological polar surface area (TPSA) is 83.0 Å². The first-order valence-corrected chi connectivity index (χ1v) is 10.8. The van der Waals surface area contributed by atoms with Crippen LogP contribution in [0.3, 0.4) is 0 Å². The largest absolute Gasteiger partial charge is 0.433 e. The van der Waals surface area contributed by atoms with Crippen LogP contribution in [0, 0.1) is 0 Å². The van der Waals surface area contributed by atoms with Crippen LogP contribution in [-0.4, -0.2) is 65.7 Å². The normalized spacial score (nSPS) is 17.4. The second-order valence-electron chi connectivity index (χ2n) is 6.40. The van der Waals surface area contributed by atoms with E-state index < -0.39 is 16.4 Å². The van der Waals surface area contributed by atoms with E-state index in [0.29, 0.717) is 37.7 Å². The van der Waals surface area contributed by atoms with Crippen LogP contribution in [0.25, 0.3) is 0 Å². The number of anilines is 1. The molecule has 0 aliphatic carbocycles. The molecule has 0 bridgehead atoms. The number of ether oxygens (including phenoxy) is 1. The molecule has 1 aliphatic rings. The number of nitrogens with zero attached hydrogens (tertiary/aromatic N) is 2. The molecule has 1 heterocycles. The highest BCUT2D eigenvalue weighted by Crippen LogP contribution is 2.31. The molecule has 28 heavy (non-hydrogen) atoms. The van der Waals surface area contributed by atoms with Gasteiger partial charge in [-0.2, -0.15) is 8.78 Å². The van der Waals surface area contributed by atoms with E-state index in [4.69, 9.17) is 0 Å². The molecule has 0 aromatic heterocycles. The summed E-state index contributed by atoms with van der Waals surface area (Å²) in [5, 5.41) is 6.38. The zero-order chi connectivity index (χ0) is 19.9. The number of guanidine groups is 1. The predicted molar refractivity (Wildman–Crippen MR) is 118 cm³/mol. The van der Waals surface area contributed by atoms with Crippen molar-refractivity contribution in [3.8, 4) is 5.75 Å². The van der Waals surface area contributed by atoms with Gasteiger partial charge >= 0.3 is 6.61 Å². The average Bonchev–Trinajstić information content (AvgIpc) is 3.05. The maximum atomic E-state index is 12.6. The molecule has 0 radical (unpaired) electrons. The lowest BCUT2D eigenvalue weighted by Gasteiger charge is -2.22. The van der Waals surface area contributed by atoms with Gasteiger partial charge in [0.05, 0.1) is 11.4 Å². The van der Waals surface area contributed by atoms with Crippen LogP contribution >= 0.6 is 24.0 Å². The van der Waals surface area contributed by atoms with Crippen LogP contribution in [0.2, 0.25) is 0 Å². The Labute approximate surface area is 181 Å². The summed E-state index contributed by atoms with van der Waals surface area (Å²) in [6, 6.07) is 6.83. The van der Waals surface area contributed by atoms with Crippen LogP contribution < -0.4 is 20.3 Å². The summed E-state index contributed by atoms with van der Waals surface area (Å²) in [7, 11) is -1.33. The Morgan fingerprint density at radius 3 is 2.75 bits per heavy atom.